The molecule has 0 saturated carbocycles. The molecule has 1 fully saturated rings. The van der Waals surface area contributed by atoms with Gasteiger partial charge in [0.2, 0.25) is 5.91 Å². The van der Waals surface area contributed by atoms with Crippen molar-refractivity contribution in [1.29, 1.82) is 0 Å². The summed E-state index contributed by atoms with van der Waals surface area (Å²) in [4.78, 5) is 28.9. The van der Waals surface area contributed by atoms with Gasteiger partial charge in [-0.05, 0) is 0 Å². The van der Waals surface area contributed by atoms with E-state index in [0.29, 0.717) is 0 Å². The number of nitrogens with two attached hydrogens (primary N) is 1. The first-order chi connectivity index (χ1) is 11.0. The molecular weight excluding hydrogens is 352 g/mol. The van der Waals surface area contributed by atoms with Crippen molar-refractivity contribution in [2.45, 2.75) is 36.4 Å². The predicted octanol–water partition coefficient (Wildman–Crippen LogP) is -1.48. The van der Waals surface area contributed by atoms with Crippen LogP contribution in [0.5, 0.6) is 0 Å². The highest BCUT2D eigenvalue weighted by Crippen LogP contribution is 2.56. The summed E-state index contributed by atoms with van der Waals surface area (Å²) in [5.41, 5.74) is 0.918. The summed E-state index contributed by atoms with van der Waals surface area (Å²) >= 11 is 0. The zero-order valence-corrected chi connectivity index (χ0v) is 13.8. The highest BCUT2D eigenvalue weighted by molar-refractivity contribution is 7.53. The standard InChI is InChI=1S/C11H20BF2N2O7P/c1-21-8-6(4-11(13,14)24(18,19)20)23-10(12)9(8)22-5-7(17)16-3-2-15/h6,8-10H,2-5,15H2,1H3,(H,16,17)(H2,18,19,20)/t6-,8-,9-,10-/m1/s1. The number of carbonyl (C=O) groups excluding carboxylic acids is 1. The van der Waals surface area contributed by atoms with E-state index in [2.05, 4.69) is 5.32 Å². The molecule has 1 amide bonds. The van der Waals surface area contributed by atoms with Crippen LogP contribution in [-0.2, 0) is 23.6 Å². The third-order valence-electron chi connectivity index (χ3n) is 3.36. The van der Waals surface area contributed by atoms with E-state index in [9.17, 15) is 18.1 Å². The van der Waals surface area contributed by atoms with Crippen LogP contribution in [0.1, 0.15) is 6.42 Å². The molecule has 1 aliphatic rings. The highest BCUT2D eigenvalue weighted by atomic mass is 31.2. The van der Waals surface area contributed by atoms with Gasteiger partial charge < -0.3 is 35.0 Å². The highest BCUT2D eigenvalue weighted by Gasteiger charge is 2.55. The summed E-state index contributed by atoms with van der Waals surface area (Å²) in [7, 11) is 1.14. The molecule has 0 bridgehead atoms. The van der Waals surface area contributed by atoms with E-state index in [1.165, 1.54) is 7.11 Å². The summed E-state index contributed by atoms with van der Waals surface area (Å²) in [6.45, 7) is 0.0431. The van der Waals surface area contributed by atoms with Gasteiger partial charge in [0.15, 0.2) is 0 Å². The Morgan fingerprint density at radius 3 is 2.58 bits per heavy atom. The predicted molar refractivity (Wildman–Crippen MR) is 78.6 cm³/mol. The molecule has 5 N–H and O–H groups in total. The van der Waals surface area contributed by atoms with Crippen LogP contribution in [-0.4, -0.2) is 80.3 Å². The van der Waals surface area contributed by atoms with Gasteiger partial charge in [0.1, 0.15) is 26.7 Å². The first kappa shape index (κ1) is 21.4. The summed E-state index contributed by atoms with van der Waals surface area (Å²) < 4.78 is 53.3. The van der Waals surface area contributed by atoms with Gasteiger partial charge in [-0.1, -0.05) is 0 Å². The molecule has 0 aromatic carbocycles. The Kier molecular flexibility index (Phi) is 7.73. The molecule has 138 valence electrons. The normalized spacial score (nSPS) is 28.1. The number of halogens is 2. The minimum atomic E-state index is -5.67. The van der Waals surface area contributed by atoms with E-state index < -0.39 is 56.5 Å². The third-order valence-corrected chi connectivity index (χ3v) is 4.40. The monoisotopic (exact) mass is 372 g/mol. The lowest BCUT2D eigenvalue weighted by atomic mass is 9.92. The molecule has 0 unspecified atom stereocenters. The van der Waals surface area contributed by atoms with Gasteiger partial charge in [-0.15, -0.1) is 0 Å². The number of alkyl halides is 2. The van der Waals surface area contributed by atoms with Crippen LogP contribution in [0.15, 0.2) is 0 Å². The molecule has 0 aliphatic carbocycles. The Labute approximate surface area is 138 Å². The zero-order valence-electron chi connectivity index (χ0n) is 12.9. The fourth-order valence-corrected chi connectivity index (χ4v) is 2.61. The van der Waals surface area contributed by atoms with Crippen molar-refractivity contribution in [2.75, 3.05) is 26.8 Å². The first-order valence-corrected chi connectivity index (χ1v) is 8.60. The molecule has 0 spiro atoms. The van der Waals surface area contributed by atoms with E-state index >= 15 is 0 Å². The molecule has 13 heteroatoms. The van der Waals surface area contributed by atoms with Crippen LogP contribution < -0.4 is 11.1 Å². The topological polar surface area (TPSA) is 140 Å². The number of hydrogen-bond acceptors (Lipinski definition) is 6. The Bertz CT molecular complexity index is 481. The molecule has 1 rings (SSSR count). The second-order valence-corrected chi connectivity index (χ2v) is 6.91. The fraction of sp³-hybridized carbons (Fsp3) is 0.909. The molecule has 2 radical (unpaired) electrons. The van der Waals surface area contributed by atoms with Gasteiger partial charge in [-0.3, -0.25) is 9.36 Å². The molecule has 24 heavy (non-hydrogen) atoms. The summed E-state index contributed by atoms with van der Waals surface area (Å²) in [5.74, 6) is -0.494. The maximum atomic E-state index is 13.5. The Balaban J connectivity index is 2.70. The first-order valence-electron chi connectivity index (χ1n) is 6.99. The number of rotatable bonds is 9. The van der Waals surface area contributed by atoms with Crippen LogP contribution in [0.2, 0.25) is 0 Å². The molecule has 1 saturated heterocycles. The molecule has 0 aromatic heterocycles. The number of methoxy groups -OCH3 is 1. The lowest BCUT2D eigenvalue weighted by Gasteiger charge is -2.25. The van der Waals surface area contributed by atoms with E-state index in [-0.39, 0.29) is 13.1 Å². The SMILES string of the molecule is [B][C@@H]1O[C@H](CC(F)(F)P(=O)(O)O)[C@@H](OC)[C@H]1OCC(=O)NCCN. The van der Waals surface area contributed by atoms with E-state index in [4.69, 9.17) is 37.6 Å². The smallest absolute Gasteiger partial charge is 0.379 e. The van der Waals surface area contributed by atoms with Gasteiger partial charge in [0, 0.05) is 26.2 Å². The van der Waals surface area contributed by atoms with Crippen molar-refractivity contribution in [3.63, 3.8) is 0 Å². The second kappa shape index (κ2) is 8.66. The van der Waals surface area contributed by atoms with Crippen molar-refractivity contribution in [3.05, 3.63) is 0 Å². The molecule has 1 heterocycles. The van der Waals surface area contributed by atoms with E-state index in [0.717, 1.165) is 0 Å². The van der Waals surface area contributed by atoms with Crippen LogP contribution in [0.4, 0.5) is 8.78 Å². The van der Waals surface area contributed by atoms with Crippen LogP contribution in [0, 0.1) is 0 Å². The number of carbonyl (C=O) groups is 1. The Morgan fingerprint density at radius 1 is 1.46 bits per heavy atom. The molecule has 0 aromatic rings. The number of hydrogen-bond donors (Lipinski definition) is 4. The molecule has 4 atom stereocenters. The van der Waals surface area contributed by atoms with E-state index in [1.807, 2.05) is 0 Å². The third kappa shape index (κ3) is 5.45. The minimum absolute atomic E-state index is 0.234. The second-order valence-electron chi connectivity index (χ2n) is 5.17. The van der Waals surface area contributed by atoms with Crippen molar-refractivity contribution in [2.24, 2.45) is 5.73 Å². The quantitative estimate of drug-likeness (QED) is 0.284. The number of amides is 1. The maximum Gasteiger partial charge on any atom is 0.394 e. The summed E-state index contributed by atoms with van der Waals surface area (Å²) in [5, 5.41) is 2.44. The fourth-order valence-electron chi connectivity index (χ4n) is 2.19. The Hall–Kier alpha value is -0.615. The van der Waals surface area contributed by atoms with Crippen LogP contribution in [0.25, 0.3) is 0 Å². The van der Waals surface area contributed by atoms with Crippen molar-refractivity contribution < 1.29 is 42.1 Å². The Morgan fingerprint density at radius 2 is 2.08 bits per heavy atom. The minimum Gasteiger partial charge on any atom is -0.379 e. The molecule has 9 nitrogen and oxygen atoms in total. The van der Waals surface area contributed by atoms with Gasteiger partial charge in [-0.25, -0.2) is 0 Å². The largest absolute Gasteiger partial charge is 0.394 e. The zero-order chi connectivity index (χ0) is 18.5. The van der Waals surface area contributed by atoms with Gasteiger partial charge in [0.05, 0.1) is 12.5 Å². The lowest BCUT2D eigenvalue weighted by Crippen LogP contribution is -2.41. The molecular formula is C11H20BF2N2O7P. The van der Waals surface area contributed by atoms with Crippen LogP contribution >= 0.6 is 7.60 Å². The molecule has 1 aliphatic heterocycles. The van der Waals surface area contributed by atoms with Gasteiger partial charge in [-0.2, -0.15) is 8.78 Å². The average molecular weight is 372 g/mol. The van der Waals surface area contributed by atoms with Crippen molar-refractivity contribution in [3.8, 4) is 0 Å². The number of ether oxygens (including phenoxy) is 3. The maximum absolute atomic E-state index is 13.5. The van der Waals surface area contributed by atoms with Gasteiger partial charge >= 0.3 is 13.3 Å². The van der Waals surface area contributed by atoms with Crippen molar-refractivity contribution in [1.82, 2.24) is 5.32 Å². The van der Waals surface area contributed by atoms with Crippen LogP contribution in [0.3, 0.4) is 0 Å². The van der Waals surface area contributed by atoms with E-state index in [1.54, 1.807) is 0 Å². The summed E-state index contributed by atoms with van der Waals surface area (Å²) in [6, 6.07) is -1.20. The van der Waals surface area contributed by atoms with Crippen molar-refractivity contribution >= 4 is 21.3 Å². The van der Waals surface area contributed by atoms with Gasteiger partial charge in [0.25, 0.3) is 0 Å². The lowest BCUT2D eigenvalue weighted by molar-refractivity contribution is -0.130. The average Bonchev–Trinajstić information content (AvgIpc) is 2.75. The summed E-state index contributed by atoms with van der Waals surface area (Å²) in [6.07, 6.45) is -4.90. The number of nitrogens with one attached hydrogen (secondary N) is 1.